The lowest BCUT2D eigenvalue weighted by Gasteiger charge is -2.61. The molecule has 2 aliphatic carbocycles. The van der Waals surface area contributed by atoms with E-state index in [4.69, 9.17) is 34.7 Å². The van der Waals surface area contributed by atoms with E-state index in [1.807, 2.05) is 0 Å². The molecule has 4 unspecified atom stereocenters. The maximum Gasteiger partial charge on any atom is 0.0241 e. The van der Waals surface area contributed by atoms with E-state index in [2.05, 4.69) is 13.8 Å². The van der Waals surface area contributed by atoms with Crippen LogP contribution in [0.15, 0.2) is 0 Å². The molecule has 4 N–H and O–H groups in total. The Morgan fingerprint density at radius 3 is 1.33 bits per heavy atom. The van der Waals surface area contributed by atoms with Crippen LogP contribution in [0.5, 0.6) is 0 Å². The first-order chi connectivity index (χ1) is 12.9. The molecule has 0 aromatic heterocycles. The molecule has 4 heteroatoms. The molecule has 0 spiro atoms. The van der Waals surface area contributed by atoms with Crippen LogP contribution in [0, 0.1) is 10.8 Å². The zero-order chi connectivity index (χ0) is 20.0. The van der Waals surface area contributed by atoms with Crippen LogP contribution in [0.1, 0.15) is 110 Å². The molecular formula is C23H44Cl2N2. The minimum Gasteiger partial charge on any atom is -0.325 e. The van der Waals surface area contributed by atoms with E-state index in [0.29, 0.717) is 11.8 Å². The number of nitrogens with two attached hydrogens (primary N) is 2. The van der Waals surface area contributed by atoms with Crippen molar-refractivity contribution in [3.05, 3.63) is 0 Å². The summed E-state index contributed by atoms with van der Waals surface area (Å²) in [5.41, 5.74) is 14.5. The van der Waals surface area contributed by atoms with Gasteiger partial charge in [-0.1, -0.05) is 52.4 Å². The van der Waals surface area contributed by atoms with E-state index < -0.39 is 0 Å². The second kappa shape index (κ2) is 10.0. The topological polar surface area (TPSA) is 52.0 Å². The van der Waals surface area contributed by atoms with Crippen LogP contribution in [-0.2, 0) is 0 Å². The minimum atomic E-state index is -0.136. The van der Waals surface area contributed by atoms with Crippen LogP contribution in [0.25, 0.3) is 0 Å². The van der Waals surface area contributed by atoms with Crippen molar-refractivity contribution in [3.63, 3.8) is 0 Å². The molecule has 2 saturated carbocycles. The molecule has 0 aromatic carbocycles. The van der Waals surface area contributed by atoms with Crippen LogP contribution in [0.3, 0.4) is 0 Å². The molecule has 0 heterocycles. The Morgan fingerprint density at radius 2 is 1.00 bits per heavy atom. The zero-order valence-electron chi connectivity index (χ0n) is 17.9. The first kappa shape index (κ1) is 23.8. The Kier molecular flexibility index (Phi) is 8.81. The lowest BCUT2D eigenvalue weighted by Crippen LogP contribution is -2.64. The van der Waals surface area contributed by atoms with Gasteiger partial charge in [0.25, 0.3) is 0 Å². The zero-order valence-corrected chi connectivity index (χ0v) is 19.4. The average Bonchev–Trinajstić information content (AvgIpc) is 2.61. The van der Waals surface area contributed by atoms with Gasteiger partial charge in [0.15, 0.2) is 0 Å². The fourth-order valence-corrected chi connectivity index (χ4v) is 7.69. The second-order valence-corrected chi connectivity index (χ2v) is 10.6. The fraction of sp³-hybridized carbons (Fsp3) is 1.00. The predicted molar refractivity (Wildman–Crippen MR) is 121 cm³/mol. The summed E-state index contributed by atoms with van der Waals surface area (Å²) < 4.78 is 0. The van der Waals surface area contributed by atoms with Gasteiger partial charge in [0, 0.05) is 22.8 Å². The van der Waals surface area contributed by atoms with Gasteiger partial charge >= 0.3 is 0 Å². The van der Waals surface area contributed by atoms with Crippen molar-refractivity contribution in [1.82, 2.24) is 0 Å². The highest BCUT2D eigenvalue weighted by molar-refractivity contribution is 6.18. The third kappa shape index (κ3) is 4.65. The first-order valence-corrected chi connectivity index (χ1v) is 12.6. The van der Waals surface area contributed by atoms with Gasteiger partial charge in [-0.05, 0) is 68.6 Å². The molecule has 0 bridgehead atoms. The summed E-state index contributed by atoms with van der Waals surface area (Å²) in [6.07, 6.45) is 17.7. The van der Waals surface area contributed by atoms with E-state index in [-0.39, 0.29) is 21.9 Å². The second-order valence-electron chi connectivity index (χ2n) is 9.84. The van der Waals surface area contributed by atoms with Crippen LogP contribution in [0.2, 0.25) is 0 Å². The van der Waals surface area contributed by atoms with E-state index in [9.17, 15) is 0 Å². The van der Waals surface area contributed by atoms with Gasteiger partial charge in [0.2, 0.25) is 0 Å². The number of alkyl halides is 2. The third-order valence-corrected chi connectivity index (χ3v) is 8.76. The van der Waals surface area contributed by atoms with Gasteiger partial charge in [-0.2, -0.15) is 0 Å². The predicted octanol–water partition coefficient (Wildman–Crippen LogP) is 6.75. The lowest BCUT2D eigenvalue weighted by molar-refractivity contribution is -0.0595. The van der Waals surface area contributed by atoms with Crippen LogP contribution < -0.4 is 11.5 Å². The van der Waals surface area contributed by atoms with Crippen molar-refractivity contribution in [2.45, 2.75) is 121 Å². The van der Waals surface area contributed by atoms with E-state index >= 15 is 0 Å². The summed E-state index contributed by atoms with van der Waals surface area (Å²) >= 11 is 12.5. The number of hydrogen-bond donors (Lipinski definition) is 2. The highest BCUT2D eigenvalue weighted by Crippen LogP contribution is 2.60. The normalized spacial score (nSPS) is 40.2. The standard InChI is InChI=1S/C23H44Cl2N2/c1-3-9-20(11-5-7-13-22(20,26)15-17-24)19-21(10-4-2)12-6-8-14-23(21,27)16-18-25/h3-19,26-27H2,1-2H3. The van der Waals surface area contributed by atoms with Gasteiger partial charge < -0.3 is 11.5 Å². The average molecular weight is 420 g/mol. The van der Waals surface area contributed by atoms with Crippen LogP contribution >= 0.6 is 23.2 Å². The van der Waals surface area contributed by atoms with Gasteiger partial charge in [0.05, 0.1) is 0 Å². The Balaban J connectivity index is 2.47. The van der Waals surface area contributed by atoms with Crippen molar-refractivity contribution in [3.8, 4) is 0 Å². The number of halogens is 2. The summed E-state index contributed by atoms with van der Waals surface area (Å²) in [6.45, 7) is 4.64. The van der Waals surface area contributed by atoms with Gasteiger partial charge in [-0.25, -0.2) is 0 Å². The molecule has 2 fully saturated rings. The molecule has 2 nitrogen and oxygen atoms in total. The molecule has 0 radical (unpaired) electrons. The summed E-state index contributed by atoms with van der Waals surface area (Å²) in [5.74, 6) is 1.33. The Hall–Kier alpha value is 0.500. The van der Waals surface area contributed by atoms with Crippen molar-refractivity contribution in [1.29, 1.82) is 0 Å². The monoisotopic (exact) mass is 418 g/mol. The highest BCUT2D eigenvalue weighted by atomic mass is 35.5. The molecule has 0 amide bonds. The van der Waals surface area contributed by atoms with Crippen LogP contribution in [-0.4, -0.2) is 22.8 Å². The van der Waals surface area contributed by atoms with Crippen molar-refractivity contribution in [2.75, 3.05) is 11.8 Å². The van der Waals surface area contributed by atoms with Crippen LogP contribution in [0.4, 0.5) is 0 Å². The fourth-order valence-electron chi connectivity index (χ4n) is 7.01. The first-order valence-electron chi connectivity index (χ1n) is 11.6. The number of rotatable bonds is 10. The maximum atomic E-state index is 7.22. The highest BCUT2D eigenvalue weighted by Gasteiger charge is 2.57. The van der Waals surface area contributed by atoms with Gasteiger partial charge in [-0.3, -0.25) is 0 Å². The third-order valence-electron chi connectivity index (χ3n) is 8.38. The minimum absolute atomic E-state index is 0.136. The summed E-state index contributed by atoms with van der Waals surface area (Å²) in [7, 11) is 0. The molecule has 0 saturated heterocycles. The Bertz CT molecular complexity index is 404. The molecule has 27 heavy (non-hydrogen) atoms. The summed E-state index contributed by atoms with van der Waals surface area (Å²) in [4.78, 5) is 0. The molecule has 0 aliphatic heterocycles. The Morgan fingerprint density at radius 1 is 0.630 bits per heavy atom. The van der Waals surface area contributed by atoms with E-state index in [1.165, 1.54) is 70.6 Å². The van der Waals surface area contributed by atoms with Gasteiger partial charge in [-0.15, -0.1) is 23.2 Å². The summed E-state index contributed by atoms with van der Waals surface area (Å²) in [5, 5.41) is 0. The largest absolute Gasteiger partial charge is 0.325 e. The van der Waals surface area contributed by atoms with Crippen molar-refractivity contribution in [2.24, 2.45) is 22.3 Å². The van der Waals surface area contributed by atoms with E-state index in [1.54, 1.807) is 0 Å². The number of hydrogen-bond acceptors (Lipinski definition) is 2. The molecule has 160 valence electrons. The molecule has 4 atom stereocenters. The van der Waals surface area contributed by atoms with Crippen molar-refractivity contribution < 1.29 is 0 Å². The molecule has 2 aliphatic rings. The molecule has 2 rings (SSSR count). The van der Waals surface area contributed by atoms with Crippen molar-refractivity contribution >= 4 is 23.2 Å². The molecule has 0 aromatic rings. The lowest BCUT2D eigenvalue weighted by atomic mass is 9.47. The maximum absolute atomic E-state index is 7.22. The Labute approximate surface area is 178 Å². The summed E-state index contributed by atoms with van der Waals surface area (Å²) in [6, 6.07) is 0. The SMILES string of the molecule is CCCC1(CC2(CCC)CCCCC2(N)CCCl)CCCCC1(N)CCCl. The smallest absolute Gasteiger partial charge is 0.0241 e. The quantitative estimate of drug-likeness (QED) is 0.385. The van der Waals surface area contributed by atoms with Gasteiger partial charge in [0.1, 0.15) is 0 Å². The molecular weight excluding hydrogens is 375 g/mol. The van der Waals surface area contributed by atoms with E-state index in [0.717, 1.165) is 25.7 Å².